The molecule has 0 aliphatic heterocycles. The molecule has 0 aliphatic carbocycles. The molecule has 3 rings (SSSR count). The molecule has 5 heteroatoms. The second-order valence-electron chi connectivity index (χ2n) is 4.32. The first-order chi connectivity index (χ1) is 9.33. The molecule has 2 heterocycles. The van der Waals surface area contributed by atoms with Gasteiger partial charge >= 0.3 is 0 Å². The zero-order valence-corrected chi connectivity index (χ0v) is 11.0. The van der Waals surface area contributed by atoms with Gasteiger partial charge in [0.2, 0.25) is 0 Å². The number of aromatic amines is 1. The van der Waals surface area contributed by atoms with Gasteiger partial charge in [-0.25, -0.2) is 0 Å². The van der Waals surface area contributed by atoms with Crippen molar-refractivity contribution in [3.8, 4) is 0 Å². The average Bonchev–Trinajstić information content (AvgIpc) is 2.82. The first-order valence-corrected chi connectivity index (χ1v) is 6.43. The van der Waals surface area contributed by atoms with Crippen molar-refractivity contribution in [2.75, 3.05) is 0 Å². The van der Waals surface area contributed by atoms with Gasteiger partial charge < -0.3 is 10.3 Å². The van der Waals surface area contributed by atoms with Gasteiger partial charge in [0.15, 0.2) is 0 Å². The molecule has 0 radical (unpaired) electrons. The van der Waals surface area contributed by atoms with Crippen LogP contribution in [0.5, 0.6) is 0 Å². The van der Waals surface area contributed by atoms with Crippen molar-refractivity contribution in [2.45, 2.75) is 13.1 Å². The summed E-state index contributed by atoms with van der Waals surface area (Å²) in [7, 11) is 0. The third-order valence-electron chi connectivity index (χ3n) is 2.98. The van der Waals surface area contributed by atoms with E-state index in [0.29, 0.717) is 6.54 Å². The Hall–Kier alpha value is -1.91. The summed E-state index contributed by atoms with van der Waals surface area (Å²) in [5.41, 5.74) is 3.21. The number of halogens is 1. The number of nitrogens with one attached hydrogen (secondary N) is 2. The number of benzene rings is 1. The maximum absolute atomic E-state index is 5.96. The van der Waals surface area contributed by atoms with Gasteiger partial charge in [-0.2, -0.15) is 10.2 Å². The molecule has 0 amide bonds. The summed E-state index contributed by atoms with van der Waals surface area (Å²) in [6, 6.07) is 9.72. The monoisotopic (exact) mass is 272 g/mol. The van der Waals surface area contributed by atoms with Gasteiger partial charge in [-0.1, -0.05) is 17.7 Å². The molecule has 0 spiro atoms. The van der Waals surface area contributed by atoms with Gasteiger partial charge in [-0.05, 0) is 29.8 Å². The minimum Gasteiger partial charge on any atom is -0.361 e. The minimum atomic E-state index is 0.702. The molecule has 3 aromatic rings. The molecule has 0 atom stereocenters. The minimum absolute atomic E-state index is 0.702. The maximum atomic E-state index is 5.96. The van der Waals surface area contributed by atoms with Crippen LogP contribution in [-0.4, -0.2) is 15.2 Å². The van der Waals surface area contributed by atoms with Crippen LogP contribution in [0.4, 0.5) is 0 Å². The molecule has 2 N–H and O–H groups in total. The maximum Gasteiger partial charge on any atom is 0.0769 e. The van der Waals surface area contributed by atoms with Gasteiger partial charge in [0, 0.05) is 41.4 Å². The zero-order valence-electron chi connectivity index (χ0n) is 10.2. The fraction of sp³-hybridized carbons (Fsp3) is 0.143. The predicted octanol–water partition coefficient (Wildman–Crippen LogP) is 2.90. The highest BCUT2D eigenvalue weighted by Crippen LogP contribution is 2.21. The number of fused-ring (bicyclic) bond motifs is 1. The Morgan fingerprint density at radius 3 is 3.00 bits per heavy atom. The molecule has 4 nitrogen and oxygen atoms in total. The highest BCUT2D eigenvalue weighted by molar-refractivity contribution is 6.31. The van der Waals surface area contributed by atoms with Crippen LogP contribution in [0.2, 0.25) is 5.02 Å². The van der Waals surface area contributed by atoms with Crippen molar-refractivity contribution in [3.05, 3.63) is 59.0 Å². The van der Waals surface area contributed by atoms with E-state index in [4.69, 9.17) is 11.6 Å². The first-order valence-electron chi connectivity index (χ1n) is 6.06. The number of nitrogens with zero attached hydrogens (tertiary/aromatic N) is 2. The van der Waals surface area contributed by atoms with Crippen molar-refractivity contribution in [2.24, 2.45) is 0 Å². The lowest BCUT2D eigenvalue weighted by Crippen LogP contribution is -2.13. The van der Waals surface area contributed by atoms with Gasteiger partial charge in [-0.15, -0.1) is 0 Å². The Balaban J connectivity index is 1.69. The van der Waals surface area contributed by atoms with E-state index in [1.54, 1.807) is 6.20 Å². The first kappa shape index (κ1) is 12.1. The molecule has 0 saturated heterocycles. The molecule has 0 bridgehead atoms. The lowest BCUT2D eigenvalue weighted by Gasteiger charge is -2.03. The summed E-state index contributed by atoms with van der Waals surface area (Å²) in [5, 5.41) is 13.2. The normalized spacial score (nSPS) is 11.0. The topological polar surface area (TPSA) is 53.6 Å². The van der Waals surface area contributed by atoms with Crippen LogP contribution in [-0.2, 0) is 13.1 Å². The van der Waals surface area contributed by atoms with Crippen LogP contribution in [0, 0.1) is 0 Å². The molecule has 0 unspecified atom stereocenters. The molecule has 96 valence electrons. The lowest BCUT2D eigenvalue weighted by atomic mass is 10.2. The van der Waals surface area contributed by atoms with Crippen LogP contribution < -0.4 is 5.32 Å². The molecular formula is C14H13ClN4. The molecule has 1 aromatic carbocycles. The van der Waals surface area contributed by atoms with E-state index >= 15 is 0 Å². The van der Waals surface area contributed by atoms with Gasteiger partial charge in [0.25, 0.3) is 0 Å². The molecular weight excluding hydrogens is 260 g/mol. The van der Waals surface area contributed by atoms with Crippen LogP contribution in [0.15, 0.2) is 42.7 Å². The second-order valence-corrected chi connectivity index (χ2v) is 4.76. The molecule has 0 fully saturated rings. The van der Waals surface area contributed by atoms with Crippen molar-refractivity contribution in [1.82, 2.24) is 20.5 Å². The largest absolute Gasteiger partial charge is 0.361 e. The highest BCUT2D eigenvalue weighted by atomic mass is 35.5. The molecule has 19 heavy (non-hydrogen) atoms. The van der Waals surface area contributed by atoms with Gasteiger partial charge in [0.1, 0.15) is 0 Å². The SMILES string of the molecule is Clc1ccc2c(CNCc3cccnn3)c[nH]c2c1. The number of H-pyrrole nitrogens is 1. The second kappa shape index (κ2) is 5.38. The third kappa shape index (κ3) is 2.75. The van der Waals surface area contributed by atoms with Crippen LogP contribution in [0.25, 0.3) is 10.9 Å². The van der Waals surface area contributed by atoms with E-state index in [0.717, 1.165) is 22.8 Å². The Labute approximate surface area is 115 Å². The third-order valence-corrected chi connectivity index (χ3v) is 3.21. The Bertz CT molecular complexity index is 678. The van der Waals surface area contributed by atoms with Crippen LogP contribution >= 0.6 is 11.6 Å². The van der Waals surface area contributed by atoms with Gasteiger partial charge in [-0.3, -0.25) is 0 Å². The van der Waals surface area contributed by atoms with Gasteiger partial charge in [0.05, 0.1) is 5.69 Å². The lowest BCUT2D eigenvalue weighted by molar-refractivity contribution is 0.672. The van der Waals surface area contributed by atoms with E-state index in [-0.39, 0.29) is 0 Å². The summed E-state index contributed by atoms with van der Waals surface area (Å²) in [5.74, 6) is 0. The van der Waals surface area contributed by atoms with E-state index in [1.165, 1.54) is 10.9 Å². The molecule has 0 aliphatic rings. The predicted molar refractivity (Wildman–Crippen MR) is 75.9 cm³/mol. The fourth-order valence-corrected chi connectivity index (χ4v) is 2.23. The highest BCUT2D eigenvalue weighted by Gasteiger charge is 2.03. The number of hydrogen-bond donors (Lipinski definition) is 2. The summed E-state index contributed by atoms with van der Waals surface area (Å²) >= 11 is 5.96. The van der Waals surface area contributed by atoms with Crippen molar-refractivity contribution < 1.29 is 0 Å². The summed E-state index contributed by atoms with van der Waals surface area (Å²) in [6.45, 7) is 1.48. The number of rotatable bonds is 4. The Morgan fingerprint density at radius 1 is 1.21 bits per heavy atom. The van der Waals surface area contributed by atoms with Crippen molar-refractivity contribution in [1.29, 1.82) is 0 Å². The smallest absolute Gasteiger partial charge is 0.0769 e. The van der Waals surface area contributed by atoms with E-state index in [9.17, 15) is 0 Å². The number of hydrogen-bond acceptors (Lipinski definition) is 3. The van der Waals surface area contributed by atoms with E-state index < -0.39 is 0 Å². The summed E-state index contributed by atoms with van der Waals surface area (Å²) in [6.07, 6.45) is 3.68. The number of aromatic nitrogens is 3. The van der Waals surface area contributed by atoms with Crippen molar-refractivity contribution >= 4 is 22.5 Å². The molecule has 2 aromatic heterocycles. The summed E-state index contributed by atoms with van der Waals surface area (Å²) < 4.78 is 0. The van der Waals surface area contributed by atoms with E-state index in [2.05, 4.69) is 20.5 Å². The summed E-state index contributed by atoms with van der Waals surface area (Å²) in [4.78, 5) is 3.23. The zero-order chi connectivity index (χ0) is 13.1. The fourth-order valence-electron chi connectivity index (χ4n) is 2.06. The average molecular weight is 273 g/mol. The quantitative estimate of drug-likeness (QED) is 0.768. The Morgan fingerprint density at radius 2 is 2.16 bits per heavy atom. The Kier molecular flexibility index (Phi) is 3.44. The van der Waals surface area contributed by atoms with Crippen molar-refractivity contribution in [3.63, 3.8) is 0 Å². The molecule has 0 saturated carbocycles. The van der Waals surface area contributed by atoms with E-state index in [1.807, 2.05) is 36.5 Å². The standard InChI is InChI=1S/C14H13ClN4/c15-11-3-4-13-10(8-17-14(13)6-11)7-16-9-12-2-1-5-18-19-12/h1-6,8,16-17H,7,9H2. The van der Waals surface area contributed by atoms with Crippen LogP contribution in [0.3, 0.4) is 0 Å². The van der Waals surface area contributed by atoms with Crippen LogP contribution in [0.1, 0.15) is 11.3 Å².